The van der Waals surface area contributed by atoms with E-state index in [-0.39, 0.29) is 17.6 Å². The van der Waals surface area contributed by atoms with Gasteiger partial charge in [-0.25, -0.2) is 4.79 Å². The predicted octanol–water partition coefficient (Wildman–Crippen LogP) is 4.14. The smallest absolute Gasteiger partial charge is 0.341 e. The van der Waals surface area contributed by atoms with Gasteiger partial charge in [0.15, 0.2) is 11.0 Å². The van der Waals surface area contributed by atoms with E-state index in [1.54, 1.807) is 19.3 Å². The molecule has 11 heteroatoms. The van der Waals surface area contributed by atoms with Crippen molar-refractivity contribution in [2.24, 2.45) is 0 Å². The lowest BCUT2D eigenvalue weighted by atomic mass is 9.95. The number of ether oxygens (including phenoxy) is 1. The lowest BCUT2D eigenvalue weighted by Gasteiger charge is -2.13. The zero-order valence-electron chi connectivity index (χ0n) is 21.0. The Balaban J connectivity index is 1.49. The van der Waals surface area contributed by atoms with Crippen LogP contribution in [-0.4, -0.2) is 69.5 Å². The molecule has 3 aromatic rings. The van der Waals surface area contributed by atoms with Crippen LogP contribution in [0.3, 0.4) is 0 Å². The average Bonchev–Trinajstić information content (AvgIpc) is 3.44. The number of pyridine rings is 1. The van der Waals surface area contributed by atoms with E-state index in [4.69, 9.17) is 4.74 Å². The average molecular weight is 529 g/mol. The number of aryl methyl sites for hydroxylation is 1. The molecular formula is C25H32N6O3S2. The number of hydrogen-bond acceptors (Lipinski definition) is 9. The van der Waals surface area contributed by atoms with Crippen molar-refractivity contribution in [1.29, 1.82) is 0 Å². The van der Waals surface area contributed by atoms with Gasteiger partial charge in [-0.1, -0.05) is 11.8 Å². The number of carbonyl (C=O) groups is 2. The van der Waals surface area contributed by atoms with Gasteiger partial charge in [-0.2, -0.15) is 0 Å². The number of esters is 1. The molecule has 0 saturated heterocycles. The number of hydrogen-bond donors (Lipinski definition) is 1. The van der Waals surface area contributed by atoms with Gasteiger partial charge in [0.25, 0.3) is 0 Å². The van der Waals surface area contributed by atoms with Crippen LogP contribution in [0.25, 0.3) is 11.4 Å². The lowest BCUT2D eigenvalue weighted by Crippen LogP contribution is -2.18. The molecule has 0 fully saturated rings. The zero-order valence-corrected chi connectivity index (χ0v) is 22.6. The van der Waals surface area contributed by atoms with Gasteiger partial charge in [0.2, 0.25) is 5.91 Å². The van der Waals surface area contributed by atoms with Gasteiger partial charge in [0, 0.05) is 29.4 Å². The van der Waals surface area contributed by atoms with Gasteiger partial charge in [-0.05, 0) is 77.4 Å². The number of carbonyl (C=O) groups excluding carboxylic acids is 2. The summed E-state index contributed by atoms with van der Waals surface area (Å²) in [5.41, 5.74) is 2.50. The first-order valence-corrected chi connectivity index (χ1v) is 14.0. The van der Waals surface area contributed by atoms with Crippen LogP contribution >= 0.6 is 23.1 Å². The fourth-order valence-electron chi connectivity index (χ4n) is 4.22. The van der Waals surface area contributed by atoms with Crippen molar-refractivity contribution in [3.63, 3.8) is 0 Å². The molecule has 3 aromatic heterocycles. The Morgan fingerprint density at radius 3 is 2.72 bits per heavy atom. The van der Waals surface area contributed by atoms with E-state index in [0.717, 1.165) is 62.1 Å². The third kappa shape index (κ3) is 6.32. The molecule has 0 aromatic carbocycles. The second-order valence-corrected chi connectivity index (χ2v) is 10.9. The molecule has 1 N–H and O–H groups in total. The Bertz CT molecular complexity index is 1190. The number of fused-ring (bicyclic) bond motifs is 1. The number of anilines is 1. The van der Waals surface area contributed by atoms with E-state index in [1.807, 2.05) is 26.2 Å². The maximum Gasteiger partial charge on any atom is 0.341 e. The molecule has 1 aliphatic rings. The number of amides is 1. The first kappa shape index (κ1) is 26.3. The van der Waals surface area contributed by atoms with Gasteiger partial charge < -0.3 is 19.5 Å². The quantitative estimate of drug-likeness (QED) is 0.293. The van der Waals surface area contributed by atoms with Crippen molar-refractivity contribution in [3.05, 3.63) is 40.5 Å². The van der Waals surface area contributed by atoms with Gasteiger partial charge in [-0.15, -0.1) is 21.5 Å². The summed E-state index contributed by atoms with van der Waals surface area (Å²) in [6.45, 7) is 3.76. The van der Waals surface area contributed by atoms with E-state index >= 15 is 0 Å². The van der Waals surface area contributed by atoms with Crippen LogP contribution < -0.4 is 5.32 Å². The zero-order chi connectivity index (χ0) is 25.5. The van der Waals surface area contributed by atoms with E-state index in [9.17, 15) is 9.59 Å². The molecule has 1 aliphatic carbocycles. The summed E-state index contributed by atoms with van der Waals surface area (Å²) >= 11 is 2.84. The molecule has 0 spiro atoms. The van der Waals surface area contributed by atoms with Crippen LogP contribution in [0.1, 0.15) is 47.0 Å². The number of rotatable bonds is 11. The lowest BCUT2D eigenvalue weighted by molar-refractivity contribution is -0.113. The van der Waals surface area contributed by atoms with Crippen LogP contribution in [-0.2, 0) is 28.9 Å². The maximum atomic E-state index is 13.0. The van der Waals surface area contributed by atoms with E-state index in [0.29, 0.717) is 22.3 Å². The minimum absolute atomic E-state index is 0.160. The summed E-state index contributed by atoms with van der Waals surface area (Å²) in [6.07, 6.45) is 8.31. The van der Waals surface area contributed by atoms with Crippen LogP contribution in [0.5, 0.6) is 0 Å². The summed E-state index contributed by atoms with van der Waals surface area (Å²) in [7, 11) is 4.09. The highest BCUT2D eigenvalue weighted by atomic mass is 32.2. The van der Waals surface area contributed by atoms with Crippen LogP contribution in [0, 0.1) is 0 Å². The monoisotopic (exact) mass is 528 g/mol. The van der Waals surface area contributed by atoms with Crippen molar-refractivity contribution in [3.8, 4) is 11.4 Å². The van der Waals surface area contributed by atoms with Crippen molar-refractivity contribution in [2.75, 3.05) is 38.3 Å². The first-order chi connectivity index (χ1) is 17.5. The molecule has 0 atom stereocenters. The topological polar surface area (TPSA) is 102 Å². The molecular weight excluding hydrogens is 496 g/mol. The van der Waals surface area contributed by atoms with Crippen molar-refractivity contribution < 1.29 is 14.3 Å². The minimum atomic E-state index is -0.359. The Morgan fingerprint density at radius 2 is 1.97 bits per heavy atom. The van der Waals surface area contributed by atoms with Crippen LogP contribution in [0.15, 0.2) is 29.7 Å². The minimum Gasteiger partial charge on any atom is -0.462 e. The van der Waals surface area contributed by atoms with Gasteiger partial charge in [-0.3, -0.25) is 9.78 Å². The Labute approximate surface area is 219 Å². The molecule has 0 aliphatic heterocycles. The van der Waals surface area contributed by atoms with Crippen molar-refractivity contribution in [2.45, 2.75) is 50.7 Å². The fourth-order valence-corrected chi connectivity index (χ4v) is 6.28. The molecule has 36 heavy (non-hydrogen) atoms. The highest BCUT2D eigenvalue weighted by Gasteiger charge is 2.27. The maximum absolute atomic E-state index is 13.0. The van der Waals surface area contributed by atoms with Crippen LogP contribution in [0.4, 0.5) is 5.00 Å². The van der Waals surface area contributed by atoms with Crippen molar-refractivity contribution >= 4 is 40.0 Å². The molecule has 0 radical (unpaired) electrons. The summed E-state index contributed by atoms with van der Waals surface area (Å²) in [4.78, 5) is 33.1. The number of aromatic nitrogens is 4. The normalized spacial score (nSPS) is 13.0. The Hall–Kier alpha value is -2.76. The largest absolute Gasteiger partial charge is 0.462 e. The second-order valence-electron chi connectivity index (χ2n) is 8.82. The highest BCUT2D eigenvalue weighted by Crippen LogP contribution is 2.38. The van der Waals surface area contributed by atoms with Gasteiger partial charge in [0.05, 0.1) is 17.9 Å². The molecule has 192 valence electrons. The SMILES string of the molecule is CCOC(=O)c1c(NC(=O)CSc2nnc(-c3ccncc3)n2CCCN(C)C)sc2c1CCCC2. The number of thioether (sulfide) groups is 1. The molecule has 0 saturated carbocycles. The number of nitrogens with zero attached hydrogens (tertiary/aromatic N) is 5. The van der Waals surface area contributed by atoms with E-state index in [1.165, 1.54) is 28.0 Å². The van der Waals surface area contributed by atoms with Gasteiger partial charge >= 0.3 is 5.97 Å². The summed E-state index contributed by atoms with van der Waals surface area (Å²) < 4.78 is 7.36. The highest BCUT2D eigenvalue weighted by molar-refractivity contribution is 7.99. The fraction of sp³-hybridized carbons (Fsp3) is 0.480. The molecule has 9 nitrogen and oxygen atoms in total. The number of thiophene rings is 1. The van der Waals surface area contributed by atoms with Crippen molar-refractivity contribution in [1.82, 2.24) is 24.6 Å². The summed E-state index contributed by atoms with van der Waals surface area (Å²) in [5, 5.41) is 13.0. The van der Waals surface area contributed by atoms with Gasteiger partial charge in [0.1, 0.15) is 5.00 Å². The molecule has 0 unspecified atom stereocenters. The third-order valence-corrected chi connectivity index (χ3v) is 8.05. The molecule has 4 rings (SSSR count). The Morgan fingerprint density at radius 1 is 1.19 bits per heavy atom. The van der Waals surface area contributed by atoms with Crippen LogP contribution in [0.2, 0.25) is 0 Å². The first-order valence-electron chi connectivity index (χ1n) is 12.2. The Kier molecular flexibility index (Phi) is 9.11. The van der Waals surface area contributed by atoms with E-state index in [2.05, 4.69) is 30.0 Å². The summed E-state index contributed by atoms with van der Waals surface area (Å²) in [5.74, 6) is 0.377. The number of nitrogens with one attached hydrogen (secondary N) is 1. The molecule has 0 bridgehead atoms. The standard InChI is InChI=1S/C25H32N6O3S2/c1-4-34-24(33)21-18-8-5-6-9-19(18)36-23(21)27-20(32)16-35-25-29-28-22(17-10-12-26-13-11-17)31(25)15-7-14-30(2)3/h10-13H,4-9,14-16H2,1-3H3,(H,27,32). The van der Waals surface area contributed by atoms with E-state index < -0.39 is 0 Å². The predicted molar refractivity (Wildman–Crippen MR) is 143 cm³/mol. The molecule has 1 amide bonds. The third-order valence-electron chi connectivity index (χ3n) is 5.88. The second kappa shape index (κ2) is 12.5. The molecule has 3 heterocycles. The summed E-state index contributed by atoms with van der Waals surface area (Å²) in [6, 6.07) is 3.81.